The van der Waals surface area contributed by atoms with Gasteiger partial charge in [0, 0.05) is 19.3 Å². The Labute approximate surface area is 297 Å². The maximum Gasteiger partial charge on any atom is 0.336 e. The summed E-state index contributed by atoms with van der Waals surface area (Å²) in [6.45, 7) is 11.3. The predicted molar refractivity (Wildman–Crippen MR) is 196 cm³/mol. The highest BCUT2D eigenvalue weighted by Crippen LogP contribution is 2.12. The molecule has 0 atom stereocenters. The molecule has 0 aliphatic rings. The van der Waals surface area contributed by atoms with Gasteiger partial charge in [-0.15, -0.1) is 0 Å². The van der Waals surface area contributed by atoms with E-state index >= 15 is 0 Å². The van der Waals surface area contributed by atoms with Crippen LogP contribution in [0.15, 0.2) is 14.4 Å². The number of hydrogen-bond donors (Lipinski definition) is 0. The van der Waals surface area contributed by atoms with E-state index in [-0.39, 0.29) is 58.7 Å². The molecule has 0 bridgehead atoms. The van der Waals surface area contributed by atoms with E-state index in [2.05, 4.69) is 41.5 Å². The number of esters is 3. The van der Waals surface area contributed by atoms with E-state index in [1.54, 1.807) is 35.3 Å². The molecule has 12 nitrogen and oxygen atoms in total. The lowest BCUT2D eigenvalue weighted by atomic mass is 10.3. The van der Waals surface area contributed by atoms with E-state index in [1.165, 1.54) is 0 Å². The molecule has 276 valence electrons. The number of hydrogen-bond acceptors (Lipinski definition) is 12. The first-order valence-corrected chi connectivity index (χ1v) is 20.4. The minimum absolute atomic E-state index is 0.216. The van der Waals surface area contributed by atoms with Crippen molar-refractivity contribution in [3.8, 4) is 0 Å². The highest BCUT2D eigenvalue weighted by atomic mass is 32.2. The lowest BCUT2D eigenvalue weighted by Gasteiger charge is -2.14. The molecular formula is C33H57N3O9S3. The molecule has 0 spiro atoms. The third-order valence-electron chi connectivity index (χ3n) is 6.48. The van der Waals surface area contributed by atoms with Crippen LogP contribution in [0.1, 0.15) is 80.1 Å². The largest absolute Gasteiger partial charge is 0.464 e. The molecule has 1 aromatic heterocycles. The molecule has 0 aliphatic carbocycles. The van der Waals surface area contributed by atoms with Crippen LogP contribution in [0.3, 0.4) is 0 Å². The van der Waals surface area contributed by atoms with Gasteiger partial charge in [-0.05, 0) is 71.5 Å². The van der Waals surface area contributed by atoms with Crippen LogP contribution in [-0.4, -0.2) is 85.9 Å². The average molecular weight is 736 g/mol. The Kier molecular flexibility index (Phi) is 23.6. The van der Waals surface area contributed by atoms with Crippen molar-refractivity contribution in [2.24, 2.45) is 17.8 Å². The monoisotopic (exact) mass is 735 g/mol. The Balaban J connectivity index is 2.88. The summed E-state index contributed by atoms with van der Waals surface area (Å²) in [6, 6.07) is 0. The highest BCUT2D eigenvalue weighted by Gasteiger charge is 2.17. The number of aromatic nitrogens is 3. The minimum atomic E-state index is -0.903. The number of carbonyl (C=O) groups is 3. The Bertz CT molecular complexity index is 1090. The number of nitrogens with zero attached hydrogens (tertiary/aromatic N) is 3. The van der Waals surface area contributed by atoms with Crippen molar-refractivity contribution in [3.63, 3.8) is 0 Å². The fourth-order valence-electron chi connectivity index (χ4n) is 4.14. The molecule has 0 fully saturated rings. The summed E-state index contributed by atoms with van der Waals surface area (Å²) in [5.74, 6) is 5.89. The molecule has 1 heterocycles. The van der Waals surface area contributed by atoms with Crippen LogP contribution in [-0.2, 0) is 48.2 Å². The second-order valence-corrected chi connectivity index (χ2v) is 16.1. The molecule has 0 amide bonds. The van der Waals surface area contributed by atoms with Gasteiger partial charge in [-0.3, -0.25) is 14.4 Å². The van der Waals surface area contributed by atoms with Gasteiger partial charge in [-0.1, -0.05) is 41.5 Å². The SMILES string of the molecule is CC(C)CSCCCC(=O)OCCn1c(=O)n(CCOC(=O)CCCSCC(C)C)c(=O)n(CCOC(=O)CCCSCC(C)C)c1=O. The van der Waals surface area contributed by atoms with Crippen LogP contribution in [0.25, 0.3) is 0 Å². The van der Waals surface area contributed by atoms with Gasteiger partial charge in [0.25, 0.3) is 0 Å². The standard InChI is InChI=1S/C33H57N3O9S3/c1-25(2)22-46-19-7-10-28(37)43-16-13-34-31(40)35(14-17-44-29(38)11-8-20-47-23-26(3)4)33(42)36(32(34)41)15-18-45-30(39)12-9-21-48-24-27(5)6/h25-27H,7-24H2,1-6H3. The summed E-state index contributed by atoms with van der Waals surface area (Å²) in [6.07, 6.45) is 2.60. The Morgan fingerprint density at radius 1 is 0.500 bits per heavy atom. The molecule has 48 heavy (non-hydrogen) atoms. The van der Waals surface area contributed by atoms with Crippen LogP contribution >= 0.6 is 35.3 Å². The molecule has 0 saturated carbocycles. The maximum atomic E-state index is 13.2. The fourth-order valence-corrected chi connectivity index (χ4v) is 7.10. The second-order valence-electron chi connectivity index (χ2n) is 12.7. The molecule has 0 unspecified atom stereocenters. The van der Waals surface area contributed by atoms with Gasteiger partial charge in [0.15, 0.2) is 0 Å². The van der Waals surface area contributed by atoms with Crippen molar-refractivity contribution in [2.45, 2.75) is 99.7 Å². The van der Waals surface area contributed by atoms with Crippen molar-refractivity contribution in [1.82, 2.24) is 13.7 Å². The van der Waals surface area contributed by atoms with Crippen LogP contribution in [0.2, 0.25) is 0 Å². The van der Waals surface area contributed by atoms with Gasteiger partial charge in [0.1, 0.15) is 19.8 Å². The molecule has 15 heteroatoms. The molecule has 0 N–H and O–H groups in total. The summed E-state index contributed by atoms with van der Waals surface area (Å²) in [5.41, 5.74) is -2.71. The summed E-state index contributed by atoms with van der Waals surface area (Å²) in [7, 11) is 0. The van der Waals surface area contributed by atoms with Gasteiger partial charge in [-0.2, -0.15) is 35.3 Å². The molecule has 0 saturated heterocycles. The highest BCUT2D eigenvalue weighted by molar-refractivity contribution is 7.99. The van der Waals surface area contributed by atoms with Gasteiger partial charge < -0.3 is 14.2 Å². The molecule has 0 aromatic carbocycles. The third kappa shape index (κ3) is 19.8. The molecule has 1 aromatic rings. The first-order chi connectivity index (χ1) is 22.8. The number of carbonyl (C=O) groups excluding carboxylic acids is 3. The van der Waals surface area contributed by atoms with Crippen LogP contribution in [0, 0.1) is 17.8 Å². The predicted octanol–water partition coefficient (Wildman–Crippen LogP) is 4.31. The number of thioether (sulfide) groups is 3. The van der Waals surface area contributed by atoms with Crippen molar-refractivity contribution >= 4 is 53.2 Å². The zero-order valence-electron chi connectivity index (χ0n) is 29.7. The summed E-state index contributed by atoms with van der Waals surface area (Å²) < 4.78 is 18.2. The average Bonchev–Trinajstić information content (AvgIpc) is 3.01. The zero-order chi connectivity index (χ0) is 35.9. The van der Waals surface area contributed by atoms with E-state index in [0.29, 0.717) is 37.0 Å². The molecular weight excluding hydrogens is 679 g/mol. The Morgan fingerprint density at radius 2 is 0.750 bits per heavy atom. The second kappa shape index (κ2) is 25.8. The van der Waals surface area contributed by atoms with Gasteiger partial charge in [0.2, 0.25) is 0 Å². The molecule has 0 aliphatic heterocycles. The smallest absolute Gasteiger partial charge is 0.336 e. The lowest BCUT2D eigenvalue weighted by molar-refractivity contribution is -0.144. The van der Waals surface area contributed by atoms with Crippen molar-refractivity contribution in [1.29, 1.82) is 0 Å². The van der Waals surface area contributed by atoms with Gasteiger partial charge in [-0.25, -0.2) is 28.1 Å². The fraction of sp³-hybridized carbons (Fsp3) is 0.818. The molecule has 1 rings (SSSR count). The first-order valence-electron chi connectivity index (χ1n) is 17.0. The van der Waals surface area contributed by atoms with Crippen molar-refractivity contribution in [3.05, 3.63) is 31.5 Å². The Hall–Kier alpha value is -2.13. The number of rotatable bonds is 27. The topological polar surface area (TPSA) is 145 Å². The summed E-state index contributed by atoms with van der Waals surface area (Å²) >= 11 is 5.30. The molecule has 0 radical (unpaired) electrons. The van der Waals surface area contributed by atoms with Gasteiger partial charge >= 0.3 is 35.0 Å². The zero-order valence-corrected chi connectivity index (χ0v) is 32.2. The number of ether oxygens (including phenoxy) is 3. The van der Waals surface area contributed by atoms with Gasteiger partial charge in [0.05, 0.1) is 19.6 Å². The lowest BCUT2D eigenvalue weighted by Crippen LogP contribution is -2.55. The maximum absolute atomic E-state index is 13.2. The summed E-state index contributed by atoms with van der Waals surface area (Å²) in [4.78, 5) is 76.4. The van der Waals surface area contributed by atoms with Crippen molar-refractivity contribution in [2.75, 3.05) is 54.3 Å². The van der Waals surface area contributed by atoms with E-state index < -0.39 is 35.0 Å². The van der Waals surface area contributed by atoms with Crippen LogP contribution in [0.5, 0.6) is 0 Å². The van der Waals surface area contributed by atoms with Crippen molar-refractivity contribution < 1.29 is 28.6 Å². The van der Waals surface area contributed by atoms with E-state index in [4.69, 9.17) is 14.2 Å². The van der Waals surface area contributed by atoms with E-state index in [1.807, 2.05) is 0 Å². The first kappa shape index (κ1) is 43.9. The quantitative estimate of drug-likeness (QED) is 0.0722. The van der Waals surface area contributed by atoms with Crippen LogP contribution < -0.4 is 17.1 Å². The normalized spacial score (nSPS) is 11.4. The Morgan fingerprint density at radius 3 is 0.979 bits per heavy atom. The third-order valence-corrected chi connectivity index (χ3v) is 10.9. The van der Waals surface area contributed by atoms with E-state index in [9.17, 15) is 28.8 Å². The summed E-state index contributed by atoms with van der Waals surface area (Å²) in [5, 5.41) is 0. The minimum Gasteiger partial charge on any atom is -0.464 e. The van der Waals surface area contributed by atoms with Crippen LogP contribution in [0.4, 0.5) is 0 Å². The van der Waals surface area contributed by atoms with E-state index in [0.717, 1.165) is 48.2 Å².